The molecule has 0 radical (unpaired) electrons. The Labute approximate surface area is 161 Å². The molecule has 7 nitrogen and oxygen atoms in total. The highest BCUT2D eigenvalue weighted by molar-refractivity contribution is 5.91. The molecule has 1 amide bonds. The summed E-state index contributed by atoms with van der Waals surface area (Å²) < 4.78 is 30.9. The van der Waals surface area contributed by atoms with Crippen LogP contribution in [0.4, 0.5) is 14.7 Å². The topological polar surface area (TPSA) is 81.1 Å². The van der Waals surface area contributed by atoms with Crippen molar-refractivity contribution in [1.29, 1.82) is 0 Å². The predicted molar refractivity (Wildman–Crippen MR) is 98.5 cm³/mol. The van der Waals surface area contributed by atoms with Crippen LogP contribution in [0.3, 0.4) is 0 Å². The normalized spacial score (nSPS) is 14.7. The van der Waals surface area contributed by atoms with Crippen molar-refractivity contribution in [2.45, 2.75) is 31.8 Å². The van der Waals surface area contributed by atoms with Crippen LogP contribution in [0, 0.1) is 0 Å². The van der Waals surface area contributed by atoms with Crippen LogP contribution in [0.1, 0.15) is 30.1 Å². The van der Waals surface area contributed by atoms with Crippen molar-refractivity contribution in [1.82, 2.24) is 20.1 Å². The quantitative estimate of drug-likeness (QED) is 0.777. The van der Waals surface area contributed by atoms with Crippen LogP contribution < -0.4 is 15.4 Å². The number of alkyl halides is 2. The Morgan fingerprint density at radius 2 is 2.07 bits per heavy atom. The van der Waals surface area contributed by atoms with Crippen molar-refractivity contribution in [3.8, 4) is 5.75 Å². The number of nitrogens with zero attached hydrogens (tertiary/aromatic N) is 3. The Morgan fingerprint density at radius 3 is 2.78 bits per heavy atom. The molecule has 1 aliphatic heterocycles. The maximum Gasteiger partial charge on any atom is 0.387 e. The van der Waals surface area contributed by atoms with Gasteiger partial charge >= 0.3 is 6.61 Å². The van der Waals surface area contributed by atoms with E-state index >= 15 is 0 Å². The maximum atomic E-state index is 12.5. The van der Waals surface area contributed by atoms with E-state index in [1.54, 1.807) is 25.2 Å². The summed E-state index contributed by atoms with van der Waals surface area (Å²) in [6.07, 6.45) is 1.81. The van der Waals surface area contributed by atoms with Gasteiger partial charge in [0.1, 0.15) is 5.75 Å². The van der Waals surface area contributed by atoms with Crippen LogP contribution in [0.25, 0.3) is 0 Å². The Balaban J connectivity index is 0.00000261. The fourth-order valence-corrected chi connectivity index (χ4v) is 2.97. The van der Waals surface area contributed by atoms with Crippen LogP contribution >= 0.6 is 12.4 Å². The number of hydrogen-bond donors (Lipinski definition) is 2. The van der Waals surface area contributed by atoms with E-state index in [2.05, 4.69) is 25.5 Å². The summed E-state index contributed by atoms with van der Waals surface area (Å²) >= 11 is 0. The molecule has 0 unspecified atom stereocenters. The summed E-state index contributed by atoms with van der Waals surface area (Å²) in [5.74, 6) is 0.948. The van der Waals surface area contributed by atoms with E-state index < -0.39 is 6.61 Å². The number of hydrogen-bond acceptors (Lipinski definition) is 5. The number of piperidine rings is 1. The molecule has 2 aromatic rings. The molecule has 148 valence electrons. The van der Waals surface area contributed by atoms with E-state index in [1.165, 1.54) is 10.7 Å². The first-order valence-corrected chi connectivity index (χ1v) is 8.47. The molecule has 1 saturated heterocycles. The van der Waals surface area contributed by atoms with Gasteiger partial charge in [-0.2, -0.15) is 18.9 Å². The Bertz CT molecular complexity index is 766. The molecule has 1 aromatic carbocycles. The lowest BCUT2D eigenvalue weighted by Gasteiger charge is -2.19. The maximum absolute atomic E-state index is 12.5. The summed E-state index contributed by atoms with van der Waals surface area (Å²) in [6.45, 7) is -1.10. The number of carbonyl (C=O) groups is 1. The minimum Gasteiger partial charge on any atom is -0.435 e. The van der Waals surface area contributed by atoms with Gasteiger partial charge in [-0.25, -0.2) is 4.68 Å². The molecule has 0 bridgehead atoms. The summed E-state index contributed by atoms with van der Waals surface area (Å²) in [7, 11) is 1.71. The largest absolute Gasteiger partial charge is 0.435 e. The summed E-state index contributed by atoms with van der Waals surface area (Å²) in [6, 6.07) is 6.23. The molecule has 1 aliphatic rings. The van der Waals surface area contributed by atoms with Gasteiger partial charge in [0.05, 0.1) is 6.42 Å². The number of benzene rings is 1. The average Bonchev–Trinajstić information content (AvgIpc) is 2.97. The van der Waals surface area contributed by atoms with Crippen molar-refractivity contribution in [2.75, 3.05) is 18.4 Å². The highest BCUT2D eigenvalue weighted by Crippen LogP contribution is 2.24. The van der Waals surface area contributed by atoms with Crippen molar-refractivity contribution < 1.29 is 18.3 Å². The van der Waals surface area contributed by atoms with Gasteiger partial charge in [0, 0.05) is 18.5 Å². The Hall–Kier alpha value is -2.26. The summed E-state index contributed by atoms with van der Waals surface area (Å²) in [5, 5.41) is 10.4. The van der Waals surface area contributed by atoms with Crippen LogP contribution in [-0.4, -0.2) is 40.4 Å². The molecule has 1 fully saturated rings. The van der Waals surface area contributed by atoms with E-state index in [4.69, 9.17) is 0 Å². The van der Waals surface area contributed by atoms with E-state index in [-0.39, 0.29) is 36.4 Å². The third-order valence-electron chi connectivity index (χ3n) is 4.27. The summed E-state index contributed by atoms with van der Waals surface area (Å²) in [5.41, 5.74) is 0.381. The SMILES string of the molecule is Cl.Cn1nc(C2CCNCC2)nc1NC(=O)Cc1ccccc1OC(F)F. The molecule has 27 heavy (non-hydrogen) atoms. The van der Waals surface area contributed by atoms with Gasteiger partial charge in [-0.1, -0.05) is 18.2 Å². The molecule has 2 heterocycles. The fourth-order valence-electron chi connectivity index (χ4n) is 2.97. The zero-order chi connectivity index (χ0) is 18.5. The van der Waals surface area contributed by atoms with E-state index in [0.29, 0.717) is 17.3 Å². The Kier molecular flexibility index (Phi) is 7.49. The molecule has 0 spiro atoms. The van der Waals surface area contributed by atoms with E-state index in [9.17, 15) is 13.6 Å². The number of anilines is 1. The van der Waals surface area contributed by atoms with Crippen molar-refractivity contribution in [3.05, 3.63) is 35.7 Å². The number of carbonyl (C=O) groups excluding carboxylic acids is 1. The first kappa shape index (κ1) is 21.0. The van der Waals surface area contributed by atoms with Gasteiger partial charge in [-0.15, -0.1) is 12.4 Å². The number of halogens is 3. The van der Waals surface area contributed by atoms with Crippen molar-refractivity contribution in [3.63, 3.8) is 0 Å². The summed E-state index contributed by atoms with van der Waals surface area (Å²) in [4.78, 5) is 16.7. The van der Waals surface area contributed by atoms with Gasteiger partial charge in [0.25, 0.3) is 0 Å². The lowest BCUT2D eigenvalue weighted by atomic mass is 9.98. The average molecular weight is 402 g/mol. The molecule has 0 saturated carbocycles. The third-order valence-corrected chi connectivity index (χ3v) is 4.27. The first-order chi connectivity index (χ1) is 12.5. The second-order valence-corrected chi connectivity index (χ2v) is 6.15. The lowest BCUT2D eigenvalue weighted by molar-refractivity contribution is -0.115. The number of amides is 1. The number of aryl methyl sites for hydroxylation is 1. The predicted octanol–water partition coefficient (Wildman–Crippen LogP) is 2.49. The second-order valence-electron chi connectivity index (χ2n) is 6.15. The van der Waals surface area contributed by atoms with Crippen LogP contribution in [0.2, 0.25) is 0 Å². The molecular weight excluding hydrogens is 380 g/mol. The molecule has 0 aliphatic carbocycles. The number of para-hydroxylation sites is 1. The number of aromatic nitrogens is 3. The zero-order valence-electron chi connectivity index (χ0n) is 14.8. The number of nitrogens with one attached hydrogen (secondary N) is 2. The standard InChI is InChI=1S/C17H21F2N5O2.ClH/c1-24-17(22-15(23-24)11-6-8-20-9-7-11)21-14(25)10-12-4-2-3-5-13(12)26-16(18)19;/h2-5,11,16,20H,6-10H2,1H3,(H,21,22,23,25);1H. The van der Waals surface area contributed by atoms with Gasteiger partial charge in [0.2, 0.25) is 11.9 Å². The smallest absolute Gasteiger partial charge is 0.387 e. The fraction of sp³-hybridized carbons (Fsp3) is 0.471. The van der Waals surface area contributed by atoms with Gasteiger partial charge in [-0.3, -0.25) is 10.1 Å². The number of rotatable bonds is 6. The highest BCUT2D eigenvalue weighted by atomic mass is 35.5. The highest BCUT2D eigenvalue weighted by Gasteiger charge is 2.21. The van der Waals surface area contributed by atoms with Crippen LogP contribution in [-0.2, 0) is 18.3 Å². The van der Waals surface area contributed by atoms with Crippen LogP contribution in [0.5, 0.6) is 5.75 Å². The zero-order valence-corrected chi connectivity index (χ0v) is 15.6. The van der Waals surface area contributed by atoms with E-state index in [1.807, 2.05) is 0 Å². The molecular formula is C17H22ClF2N5O2. The van der Waals surface area contributed by atoms with Crippen molar-refractivity contribution >= 4 is 24.3 Å². The first-order valence-electron chi connectivity index (χ1n) is 8.47. The van der Waals surface area contributed by atoms with Crippen molar-refractivity contribution in [2.24, 2.45) is 7.05 Å². The molecule has 3 rings (SSSR count). The number of ether oxygens (including phenoxy) is 1. The molecule has 0 atom stereocenters. The minimum absolute atomic E-state index is 0. The lowest BCUT2D eigenvalue weighted by Crippen LogP contribution is -2.27. The van der Waals surface area contributed by atoms with Gasteiger partial charge in [-0.05, 0) is 32.0 Å². The molecule has 1 aromatic heterocycles. The van der Waals surface area contributed by atoms with E-state index in [0.717, 1.165) is 25.9 Å². The monoisotopic (exact) mass is 401 g/mol. The third kappa shape index (κ3) is 5.61. The van der Waals surface area contributed by atoms with Crippen LogP contribution in [0.15, 0.2) is 24.3 Å². The van der Waals surface area contributed by atoms with Gasteiger partial charge < -0.3 is 10.1 Å². The molecule has 10 heteroatoms. The Morgan fingerprint density at radius 1 is 1.37 bits per heavy atom. The van der Waals surface area contributed by atoms with Gasteiger partial charge in [0.15, 0.2) is 5.82 Å². The molecule has 2 N–H and O–H groups in total. The minimum atomic E-state index is -2.94. The second kappa shape index (κ2) is 9.61.